The molecule has 0 fully saturated rings. The number of aromatic nitrogens is 1. The van der Waals surface area contributed by atoms with Gasteiger partial charge in [0, 0.05) is 20.0 Å². The minimum Gasteiger partial charge on any atom is -0.469 e. The Morgan fingerprint density at radius 3 is 2.80 bits per heavy atom. The van der Waals surface area contributed by atoms with E-state index in [1.54, 1.807) is 13.3 Å². The molecule has 20 heavy (non-hydrogen) atoms. The van der Waals surface area contributed by atoms with Crippen LogP contribution < -0.4 is 10.6 Å². The van der Waals surface area contributed by atoms with E-state index in [2.05, 4.69) is 20.6 Å². The van der Waals surface area contributed by atoms with Crippen LogP contribution in [0, 0.1) is 13.8 Å². The molecule has 0 aromatic carbocycles. The molecule has 108 valence electrons. The summed E-state index contributed by atoms with van der Waals surface area (Å²) in [6.45, 7) is 5.09. The molecule has 2 N–H and O–H groups in total. The molecule has 0 aliphatic heterocycles. The predicted octanol–water partition coefficient (Wildman–Crippen LogP) is 1.79. The van der Waals surface area contributed by atoms with Crippen LogP contribution in [0.2, 0.25) is 0 Å². The standard InChI is InChI=1S/C14H20N4O2/c1-10-11(2)20-13(18-10)9-17-14(15-3)16-7-6-12-5-4-8-19-12/h4-5,8H,6-7,9H2,1-3H3,(H2,15,16,17). The molecule has 0 spiro atoms. The molecule has 6 nitrogen and oxygen atoms in total. The highest BCUT2D eigenvalue weighted by atomic mass is 16.4. The van der Waals surface area contributed by atoms with Gasteiger partial charge in [0.25, 0.3) is 0 Å². The van der Waals surface area contributed by atoms with Gasteiger partial charge in [0.1, 0.15) is 11.5 Å². The number of hydrogen-bond acceptors (Lipinski definition) is 4. The van der Waals surface area contributed by atoms with E-state index in [-0.39, 0.29) is 0 Å². The molecule has 0 amide bonds. The first-order valence-corrected chi connectivity index (χ1v) is 6.59. The van der Waals surface area contributed by atoms with Crippen molar-refractivity contribution in [3.05, 3.63) is 41.5 Å². The van der Waals surface area contributed by atoms with E-state index in [1.807, 2.05) is 26.0 Å². The Morgan fingerprint density at radius 2 is 2.20 bits per heavy atom. The van der Waals surface area contributed by atoms with Gasteiger partial charge in [-0.25, -0.2) is 4.98 Å². The number of guanidine groups is 1. The lowest BCUT2D eigenvalue weighted by Crippen LogP contribution is -2.37. The number of aryl methyl sites for hydroxylation is 2. The van der Waals surface area contributed by atoms with Gasteiger partial charge in [-0.3, -0.25) is 4.99 Å². The second-order valence-corrected chi connectivity index (χ2v) is 4.43. The Morgan fingerprint density at radius 1 is 1.35 bits per heavy atom. The molecule has 2 aromatic heterocycles. The third kappa shape index (κ3) is 3.88. The van der Waals surface area contributed by atoms with Gasteiger partial charge < -0.3 is 19.5 Å². The third-order valence-electron chi connectivity index (χ3n) is 2.95. The number of nitrogens with one attached hydrogen (secondary N) is 2. The van der Waals surface area contributed by atoms with Crippen LogP contribution in [0.4, 0.5) is 0 Å². The predicted molar refractivity (Wildman–Crippen MR) is 76.6 cm³/mol. The van der Waals surface area contributed by atoms with Crippen LogP contribution in [-0.2, 0) is 13.0 Å². The minimum atomic E-state index is 0.509. The highest BCUT2D eigenvalue weighted by molar-refractivity contribution is 5.79. The first kappa shape index (κ1) is 14.2. The van der Waals surface area contributed by atoms with Crippen LogP contribution >= 0.6 is 0 Å². The molecule has 0 aliphatic rings. The Labute approximate surface area is 118 Å². The van der Waals surface area contributed by atoms with Gasteiger partial charge in [-0.15, -0.1) is 0 Å². The number of hydrogen-bond donors (Lipinski definition) is 2. The molecule has 0 aliphatic carbocycles. The first-order chi connectivity index (χ1) is 9.69. The second-order valence-electron chi connectivity index (χ2n) is 4.43. The van der Waals surface area contributed by atoms with Gasteiger partial charge in [-0.1, -0.05) is 0 Å². The second kappa shape index (κ2) is 6.79. The van der Waals surface area contributed by atoms with E-state index < -0.39 is 0 Å². The monoisotopic (exact) mass is 276 g/mol. The summed E-state index contributed by atoms with van der Waals surface area (Å²) in [4.78, 5) is 8.46. The molecule has 0 radical (unpaired) electrons. The van der Waals surface area contributed by atoms with Crippen molar-refractivity contribution in [2.24, 2.45) is 4.99 Å². The van der Waals surface area contributed by atoms with Crippen LogP contribution in [0.3, 0.4) is 0 Å². The Hall–Kier alpha value is -2.24. The van der Waals surface area contributed by atoms with Crippen molar-refractivity contribution in [1.82, 2.24) is 15.6 Å². The summed E-state index contributed by atoms with van der Waals surface area (Å²) in [5, 5.41) is 6.37. The van der Waals surface area contributed by atoms with Crippen molar-refractivity contribution in [2.75, 3.05) is 13.6 Å². The molecule has 0 bridgehead atoms. The number of nitrogens with zero attached hydrogens (tertiary/aromatic N) is 2. The molecule has 0 unspecified atom stereocenters. The fourth-order valence-electron chi connectivity index (χ4n) is 1.75. The van der Waals surface area contributed by atoms with Crippen LogP contribution in [-0.4, -0.2) is 24.5 Å². The lowest BCUT2D eigenvalue weighted by atomic mass is 10.3. The van der Waals surface area contributed by atoms with E-state index in [1.165, 1.54) is 0 Å². The lowest BCUT2D eigenvalue weighted by Gasteiger charge is -2.09. The summed E-state index contributed by atoms with van der Waals surface area (Å²) in [5.41, 5.74) is 0.919. The number of oxazole rings is 1. The lowest BCUT2D eigenvalue weighted by molar-refractivity contribution is 0.463. The maximum Gasteiger partial charge on any atom is 0.214 e. The van der Waals surface area contributed by atoms with E-state index in [0.29, 0.717) is 18.4 Å². The van der Waals surface area contributed by atoms with Crippen LogP contribution in [0.25, 0.3) is 0 Å². The van der Waals surface area contributed by atoms with Gasteiger partial charge in [0.2, 0.25) is 5.89 Å². The largest absolute Gasteiger partial charge is 0.469 e. The molecule has 0 saturated heterocycles. The average Bonchev–Trinajstić information content (AvgIpc) is 3.05. The van der Waals surface area contributed by atoms with Gasteiger partial charge >= 0.3 is 0 Å². The van der Waals surface area contributed by atoms with E-state index >= 15 is 0 Å². The van der Waals surface area contributed by atoms with Crippen LogP contribution in [0.5, 0.6) is 0 Å². The third-order valence-corrected chi connectivity index (χ3v) is 2.95. The van der Waals surface area contributed by atoms with Gasteiger partial charge in [-0.05, 0) is 26.0 Å². The molecular weight excluding hydrogens is 256 g/mol. The minimum absolute atomic E-state index is 0.509. The van der Waals surface area contributed by atoms with Crippen LogP contribution in [0.1, 0.15) is 23.1 Å². The summed E-state index contributed by atoms with van der Waals surface area (Å²) in [7, 11) is 1.73. The number of rotatable bonds is 5. The normalized spacial score (nSPS) is 11.7. The molecule has 0 atom stereocenters. The van der Waals surface area contributed by atoms with E-state index in [0.717, 1.165) is 30.2 Å². The summed E-state index contributed by atoms with van der Waals surface area (Å²) >= 11 is 0. The summed E-state index contributed by atoms with van der Waals surface area (Å²) in [6.07, 6.45) is 2.49. The highest BCUT2D eigenvalue weighted by Gasteiger charge is 2.06. The zero-order valence-electron chi connectivity index (χ0n) is 12.1. The quantitative estimate of drug-likeness (QED) is 0.643. The fraction of sp³-hybridized carbons (Fsp3) is 0.429. The van der Waals surface area contributed by atoms with Crippen LogP contribution in [0.15, 0.2) is 32.2 Å². The van der Waals surface area contributed by atoms with Crippen molar-refractivity contribution in [3.8, 4) is 0 Å². The molecular formula is C14H20N4O2. The maximum absolute atomic E-state index is 5.50. The van der Waals surface area contributed by atoms with Crippen molar-refractivity contribution in [3.63, 3.8) is 0 Å². The van der Waals surface area contributed by atoms with Crippen molar-refractivity contribution >= 4 is 5.96 Å². The smallest absolute Gasteiger partial charge is 0.214 e. The summed E-state index contributed by atoms with van der Waals surface area (Å²) in [6, 6.07) is 3.84. The number of furan rings is 1. The molecule has 2 heterocycles. The maximum atomic E-state index is 5.50. The van der Waals surface area contributed by atoms with Gasteiger partial charge in [0.05, 0.1) is 18.5 Å². The van der Waals surface area contributed by atoms with Crippen molar-refractivity contribution < 1.29 is 8.83 Å². The number of aliphatic imine (C=N–C) groups is 1. The van der Waals surface area contributed by atoms with Gasteiger partial charge in [-0.2, -0.15) is 0 Å². The van der Waals surface area contributed by atoms with E-state index in [4.69, 9.17) is 8.83 Å². The Kier molecular flexibility index (Phi) is 4.81. The zero-order valence-corrected chi connectivity index (χ0v) is 12.1. The summed E-state index contributed by atoms with van der Waals surface area (Å²) < 4.78 is 10.8. The highest BCUT2D eigenvalue weighted by Crippen LogP contribution is 2.07. The Bertz CT molecular complexity index is 538. The zero-order chi connectivity index (χ0) is 14.4. The first-order valence-electron chi connectivity index (χ1n) is 6.59. The molecule has 2 rings (SSSR count). The van der Waals surface area contributed by atoms with Crippen molar-refractivity contribution in [1.29, 1.82) is 0 Å². The van der Waals surface area contributed by atoms with Crippen molar-refractivity contribution in [2.45, 2.75) is 26.8 Å². The molecule has 0 saturated carbocycles. The summed E-state index contributed by atoms with van der Waals surface area (Å²) in [5.74, 6) is 3.17. The molecule has 6 heteroatoms. The molecule has 2 aromatic rings. The Balaban J connectivity index is 1.75. The van der Waals surface area contributed by atoms with Gasteiger partial charge in [0.15, 0.2) is 5.96 Å². The fourth-order valence-corrected chi connectivity index (χ4v) is 1.75. The average molecular weight is 276 g/mol. The van der Waals surface area contributed by atoms with E-state index in [9.17, 15) is 0 Å². The SMILES string of the molecule is CN=C(NCCc1ccco1)NCc1nc(C)c(C)o1. The topological polar surface area (TPSA) is 75.6 Å².